The van der Waals surface area contributed by atoms with E-state index in [9.17, 15) is 9.59 Å². The summed E-state index contributed by atoms with van der Waals surface area (Å²) in [6.45, 7) is 1.82. The smallest absolute Gasteiger partial charge is 0.264 e. The van der Waals surface area contributed by atoms with Crippen LogP contribution in [0.2, 0.25) is 0 Å². The summed E-state index contributed by atoms with van der Waals surface area (Å²) in [4.78, 5) is 31.8. The van der Waals surface area contributed by atoms with Gasteiger partial charge in [-0.1, -0.05) is 42.2 Å². The number of rotatable bonds is 4. The Morgan fingerprint density at radius 2 is 1.88 bits per heavy atom. The van der Waals surface area contributed by atoms with Gasteiger partial charge in [-0.2, -0.15) is 18.6 Å². The predicted molar refractivity (Wildman–Crippen MR) is 162 cm³/mol. The number of hydrogen-bond donors (Lipinski definition) is 2. The second kappa shape index (κ2) is 11.0. The monoisotopic (exact) mass is 562 g/mol. The molecule has 1 amide bonds. The first-order valence-corrected chi connectivity index (χ1v) is 12.5. The first-order chi connectivity index (χ1) is 19.4. The summed E-state index contributed by atoms with van der Waals surface area (Å²) >= 11 is 0. The van der Waals surface area contributed by atoms with Gasteiger partial charge in [0.2, 0.25) is 0 Å². The molecule has 10 nitrogen and oxygen atoms in total. The van der Waals surface area contributed by atoms with Crippen molar-refractivity contribution < 1.29 is 4.79 Å². The fraction of sp³-hybridized carbons (Fsp3) is 0.100. The Morgan fingerprint density at radius 3 is 2.63 bits per heavy atom. The molecule has 41 heavy (non-hydrogen) atoms. The molecule has 1 atom stereocenters. The summed E-state index contributed by atoms with van der Waals surface area (Å²) in [5, 5.41) is 12.5. The van der Waals surface area contributed by atoms with Crippen molar-refractivity contribution in [2.45, 2.75) is 13.0 Å². The number of nitrogens with two attached hydrogens (primary N) is 1. The number of hydrogen-bond acceptors (Lipinski definition) is 6. The molecule has 0 unspecified atom stereocenters. The number of benzene rings is 2. The SMILES string of the molecule is C[C@H](NC(=O)c1c(N)nn2cccnc12)c1cc2cccc(C#Cc3cnn(C)c3)c2c(=O)n1-c1ccccc1.S. The number of amides is 1. The number of carbonyl (C=O) groups is 1. The summed E-state index contributed by atoms with van der Waals surface area (Å²) in [6, 6.07) is 17.9. The van der Waals surface area contributed by atoms with Crippen LogP contribution in [0.5, 0.6) is 0 Å². The van der Waals surface area contributed by atoms with Crippen LogP contribution in [0, 0.1) is 11.8 Å². The number of nitrogen functional groups attached to an aromatic ring is 1. The largest absolute Gasteiger partial charge is 0.381 e. The molecule has 2 aromatic carbocycles. The Kier molecular flexibility index (Phi) is 7.33. The topological polar surface area (TPSA) is 125 Å². The summed E-state index contributed by atoms with van der Waals surface area (Å²) < 4.78 is 4.74. The zero-order chi connectivity index (χ0) is 27.8. The van der Waals surface area contributed by atoms with E-state index in [0.717, 1.165) is 5.56 Å². The van der Waals surface area contributed by atoms with Crippen molar-refractivity contribution in [2.24, 2.45) is 7.05 Å². The summed E-state index contributed by atoms with van der Waals surface area (Å²) in [5.41, 5.74) is 8.96. The molecule has 4 aromatic heterocycles. The van der Waals surface area contributed by atoms with Crippen LogP contribution < -0.4 is 16.6 Å². The van der Waals surface area contributed by atoms with Gasteiger partial charge < -0.3 is 11.1 Å². The number of anilines is 1. The van der Waals surface area contributed by atoms with Crippen molar-refractivity contribution in [2.75, 3.05) is 5.73 Å². The van der Waals surface area contributed by atoms with Gasteiger partial charge in [-0.15, -0.1) is 5.10 Å². The van der Waals surface area contributed by atoms with E-state index < -0.39 is 11.9 Å². The minimum atomic E-state index is -0.576. The second-order valence-electron chi connectivity index (χ2n) is 9.31. The van der Waals surface area contributed by atoms with Crippen molar-refractivity contribution >= 4 is 41.6 Å². The highest BCUT2D eigenvalue weighted by Crippen LogP contribution is 2.24. The van der Waals surface area contributed by atoms with E-state index in [1.165, 1.54) is 4.52 Å². The van der Waals surface area contributed by atoms with Crippen molar-refractivity contribution in [1.29, 1.82) is 0 Å². The third-order valence-corrected chi connectivity index (χ3v) is 6.58. The lowest BCUT2D eigenvalue weighted by Gasteiger charge is -2.21. The van der Waals surface area contributed by atoms with Crippen molar-refractivity contribution in [3.05, 3.63) is 118 Å². The van der Waals surface area contributed by atoms with E-state index in [4.69, 9.17) is 5.73 Å². The van der Waals surface area contributed by atoms with Crippen LogP contribution in [0.25, 0.3) is 22.1 Å². The molecule has 0 fully saturated rings. The van der Waals surface area contributed by atoms with E-state index in [0.29, 0.717) is 33.4 Å². The van der Waals surface area contributed by atoms with E-state index in [1.54, 1.807) is 33.9 Å². The van der Waals surface area contributed by atoms with E-state index in [-0.39, 0.29) is 30.4 Å². The molecule has 0 aliphatic heterocycles. The highest BCUT2D eigenvalue weighted by molar-refractivity contribution is 7.59. The molecule has 11 heteroatoms. The summed E-state index contributed by atoms with van der Waals surface area (Å²) in [7, 11) is 1.82. The maximum absolute atomic E-state index is 14.2. The Bertz CT molecular complexity index is 2030. The molecule has 0 spiro atoms. The first-order valence-electron chi connectivity index (χ1n) is 12.5. The average Bonchev–Trinajstić information content (AvgIpc) is 3.53. The van der Waals surface area contributed by atoms with Gasteiger partial charge in [-0.05, 0) is 42.6 Å². The van der Waals surface area contributed by atoms with Gasteiger partial charge in [-0.25, -0.2) is 9.50 Å². The standard InChI is InChI=1S/C30H24N8O2.H2S/c1-19(34-29(39)26-27(31)35-37-15-7-14-32-28(26)37)24-16-22-9-6-8-21(13-12-20-17-33-36(2)18-20)25(22)30(40)38(24)23-10-4-3-5-11-23;/h3-11,14-19H,1-2H3,(H2,31,35)(H,34,39);1H2/t19-;/m0./s1. The fourth-order valence-electron chi connectivity index (χ4n) is 4.74. The number of para-hydroxylation sites is 1. The molecule has 6 aromatic rings. The van der Waals surface area contributed by atoms with Gasteiger partial charge in [-0.3, -0.25) is 18.8 Å². The Labute approximate surface area is 241 Å². The van der Waals surface area contributed by atoms with Gasteiger partial charge in [0.25, 0.3) is 11.5 Å². The molecule has 0 bridgehead atoms. The Balaban J connectivity index is 0.00000337. The molecular weight excluding hydrogens is 536 g/mol. The molecular formula is C30H26N8O2S. The van der Waals surface area contributed by atoms with E-state index in [1.807, 2.05) is 74.8 Å². The summed E-state index contributed by atoms with van der Waals surface area (Å²) in [6.07, 6.45) is 6.73. The number of aromatic nitrogens is 6. The minimum absolute atomic E-state index is 0. The minimum Gasteiger partial charge on any atom is -0.381 e. The molecule has 6 rings (SSSR count). The molecule has 0 aliphatic rings. The number of carbonyl (C=O) groups excluding carboxylic acids is 1. The van der Waals surface area contributed by atoms with Crippen LogP contribution in [0.4, 0.5) is 5.82 Å². The van der Waals surface area contributed by atoms with Crippen LogP contribution in [-0.2, 0) is 7.05 Å². The Hall–Kier alpha value is -5.34. The molecule has 3 N–H and O–H groups in total. The zero-order valence-electron chi connectivity index (χ0n) is 22.2. The number of aryl methyl sites for hydroxylation is 1. The lowest BCUT2D eigenvalue weighted by atomic mass is 10.0. The average molecular weight is 563 g/mol. The lowest BCUT2D eigenvalue weighted by molar-refractivity contribution is 0.0941. The highest BCUT2D eigenvalue weighted by atomic mass is 32.1. The van der Waals surface area contributed by atoms with Crippen LogP contribution >= 0.6 is 13.5 Å². The van der Waals surface area contributed by atoms with E-state index >= 15 is 0 Å². The van der Waals surface area contributed by atoms with Gasteiger partial charge in [0.1, 0.15) is 5.56 Å². The molecule has 0 aliphatic carbocycles. The van der Waals surface area contributed by atoms with Crippen molar-refractivity contribution in [3.63, 3.8) is 0 Å². The van der Waals surface area contributed by atoms with Gasteiger partial charge >= 0.3 is 0 Å². The van der Waals surface area contributed by atoms with Crippen LogP contribution in [0.15, 0.2) is 90.2 Å². The molecule has 0 radical (unpaired) electrons. The maximum Gasteiger partial charge on any atom is 0.264 e. The number of nitrogens with zero attached hydrogens (tertiary/aromatic N) is 6. The quantitative estimate of drug-likeness (QED) is 0.318. The normalized spacial score (nSPS) is 11.5. The van der Waals surface area contributed by atoms with E-state index in [2.05, 4.69) is 32.3 Å². The fourth-order valence-corrected chi connectivity index (χ4v) is 4.74. The first kappa shape index (κ1) is 27.2. The van der Waals surface area contributed by atoms with Crippen LogP contribution in [0.3, 0.4) is 0 Å². The highest BCUT2D eigenvalue weighted by Gasteiger charge is 2.23. The molecule has 0 saturated heterocycles. The van der Waals surface area contributed by atoms with Gasteiger partial charge in [0.05, 0.1) is 23.2 Å². The summed E-state index contributed by atoms with van der Waals surface area (Å²) in [5.74, 6) is 5.86. The van der Waals surface area contributed by atoms with Crippen molar-refractivity contribution in [1.82, 2.24) is 34.3 Å². The zero-order valence-corrected chi connectivity index (χ0v) is 23.2. The predicted octanol–water partition coefficient (Wildman–Crippen LogP) is 3.35. The third-order valence-electron chi connectivity index (χ3n) is 6.58. The van der Waals surface area contributed by atoms with Crippen molar-refractivity contribution in [3.8, 4) is 17.5 Å². The van der Waals surface area contributed by atoms with Crippen LogP contribution in [0.1, 0.15) is 40.1 Å². The van der Waals surface area contributed by atoms with Crippen LogP contribution in [-0.4, -0.2) is 34.9 Å². The Morgan fingerprint density at radius 1 is 1.07 bits per heavy atom. The second-order valence-corrected chi connectivity index (χ2v) is 9.31. The molecule has 204 valence electrons. The maximum atomic E-state index is 14.2. The lowest BCUT2D eigenvalue weighted by Crippen LogP contribution is -2.32. The van der Waals surface area contributed by atoms with Gasteiger partial charge in [0.15, 0.2) is 11.5 Å². The molecule has 4 heterocycles. The number of fused-ring (bicyclic) bond motifs is 2. The van der Waals surface area contributed by atoms with Gasteiger partial charge in [0, 0.05) is 42.6 Å². The number of nitrogens with one attached hydrogen (secondary N) is 1. The third kappa shape index (κ3) is 5.04. The number of pyridine rings is 1. The molecule has 0 saturated carbocycles.